The maximum Gasteiger partial charge on any atom is 0.248 e. The highest BCUT2D eigenvalue weighted by Crippen LogP contribution is 2.43. The highest BCUT2D eigenvalue weighted by atomic mass is 16.1. The molecule has 1 fully saturated rings. The summed E-state index contributed by atoms with van der Waals surface area (Å²) >= 11 is 0. The second-order valence-electron chi connectivity index (χ2n) is 5.82. The summed E-state index contributed by atoms with van der Waals surface area (Å²) in [6, 6.07) is 5.60. The fourth-order valence-corrected chi connectivity index (χ4v) is 3.39. The lowest BCUT2D eigenvalue weighted by Gasteiger charge is -2.20. The average molecular weight is 256 g/mol. The Balaban J connectivity index is 1.64. The van der Waals surface area contributed by atoms with Gasteiger partial charge in [0.25, 0.3) is 0 Å². The second-order valence-corrected chi connectivity index (χ2v) is 5.82. The summed E-state index contributed by atoms with van der Waals surface area (Å²) in [5, 5.41) is 3.52. The van der Waals surface area contributed by atoms with Crippen LogP contribution in [0.5, 0.6) is 0 Å². The molecular weight excluding hydrogens is 236 g/mol. The monoisotopic (exact) mass is 256 g/mol. The van der Waals surface area contributed by atoms with Gasteiger partial charge in [-0.25, -0.2) is 0 Å². The molecule has 100 valence electrons. The van der Waals surface area contributed by atoms with Crippen LogP contribution in [0, 0.1) is 24.7 Å². The Hall–Kier alpha value is -1.77. The van der Waals surface area contributed by atoms with E-state index < -0.39 is 0 Å². The molecule has 3 heteroatoms. The zero-order valence-corrected chi connectivity index (χ0v) is 11.2. The van der Waals surface area contributed by atoms with Gasteiger partial charge in [-0.2, -0.15) is 0 Å². The number of carbonyl (C=O) groups excluding carboxylic acids is 1. The number of primary amides is 1. The van der Waals surface area contributed by atoms with Crippen LogP contribution in [0.3, 0.4) is 0 Å². The summed E-state index contributed by atoms with van der Waals surface area (Å²) in [4.78, 5) is 11.1. The van der Waals surface area contributed by atoms with E-state index in [-0.39, 0.29) is 5.91 Å². The Morgan fingerprint density at radius 1 is 1.37 bits per heavy atom. The minimum absolute atomic E-state index is 0.368. The van der Waals surface area contributed by atoms with Gasteiger partial charge >= 0.3 is 0 Å². The van der Waals surface area contributed by atoms with Crippen molar-refractivity contribution in [3.63, 3.8) is 0 Å². The first-order chi connectivity index (χ1) is 9.13. The molecule has 2 aliphatic rings. The van der Waals surface area contributed by atoms with E-state index in [1.807, 2.05) is 19.1 Å². The predicted molar refractivity (Wildman–Crippen MR) is 77.0 cm³/mol. The molecule has 1 saturated carbocycles. The molecule has 0 aliphatic heterocycles. The van der Waals surface area contributed by atoms with Crippen molar-refractivity contribution in [2.75, 3.05) is 11.9 Å². The number of anilines is 1. The van der Waals surface area contributed by atoms with Crippen LogP contribution in [-0.4, -0.2) is 12.5 Å². The van der Waals surface area contributed by atoms with Crippen LogP contribution in [0.4, 0.5) is 5.69 Å². The predicted octanol–water partition coefficient (Wildman–Crippen LogP) is 2.72. The Bertz CT molecular complexity index is 536. The molecule has 3 nitrogen and oxygen atoms in total. The Kier molecular flexibility index (Phi) is 3.05. The van der Waals surface area contributed by atoms with Crippen LogP contribution in [0.1, 0.15) is 28.8 Å². The average Bonchev–Trinajstić information content (AvgIpc) is 2.99. The minimum atomic E-state index is -0.368. The number of carbonyl (C=O) groups is 1. The fourth-order valence-electron chi connectivity index (χ4n) is 3.39. The summed E-state index contributed by atoms with van der Waals surface area (Å²) < 4.78 is 0. The van der Waals surface area contributed by atoms with E-state index in [0.29, 0.717) is 5.56 Å². The molecular formula is C16H20N2O. The van der Waals surface area contributed by atoms with E-state index in [1.165, 1.54) is 12.8 Å². The van der Waals surface area contributed by atoms with Crippen molar-refractivity contribution >= 4 is 11.6 Å². The highest BCUT2D eigenvalue weighted by Gasteiger charge is 2.35. The maximum absolute atomic E-state index is 11.1. The van der Waals surface area contributed by atoms with Crippen molar-refractivity contribution in [3.05, 3.63) is 41.5 Å². The van der Waals surface area contributed by atoms with Gasteiger partial charge < -0.3 is 11.1 Å². The van der Waals surface area contributed by atoms with E-state index in [1.54, 1.807) is 6.07 Å². The van der Waals surface area contributed by atoms with E-state index in [9.17, 15) is 4.79 Å². The van der Waals surface area contributed by atoms with Gasteiger partial charge in [0.15, 0.2) is 0 Å². The van der Waals surface area contributed by atoms with Crippen molar-refractivity contribution in [1.82, 2.24) is 0 Å². The smallest absolute Gasteiger partial charge is 0.248 e. The highest BCUT2D eigenvalue weighted by molar-refractivity contribution is 5.93. The summed E-state index contributed by atoms with van der Waals surface area (Å²) in [7, 11) is 0. The number of rotatable bonds is 4. The summed E-state index contributed by atoms with van der Waals surface area (Å²) in [5.41, 5.74) is 8.04. The van der Waals surface area contributed by atoms with Crippen molar-refractivity contribution in [3.8, 4) is 0 Å². The molecule has 0 saturated heterocycles. The van der Waals surface area contributed by atoms with Gasteiger partial charge in [0.1, 0.15) is 0 Å². The van der Waals surface area contributed by atoms with E-state index in [4.69, 9.17) is 5.73 Å². The Morgan fingerprint density at radius 3 is 2.79 bits per heavy atom. The molecule has 19 heavy (non-hydrogen) atoms. The quantitative estimate of drug-likeness (QED) is 0.814. The molecule has 3 unspecified atom stereocenters. The SMILES string of the molecule is Cc1cc(C(N)=O)ccc1NCC1CC2C=CC1C2. The number of fused-ring (bicyclic) bond motifs is 2. The van der Waals surface area contributed by atoms with Crippen LogP contribution in [0.2, 0.25) is 0 Å². The minimum Gasteiger partial charge on any atom is -0.385 e. The third-order valence-electron chi connectivity index (χ3n) is 4.48. The Labute approximate surface area is 113 Å². The summed E-state index contributed by atoms with van der Waals surface area (Å²) in [6.07, 6.45) is 7.40. The van der Waals surface area contributed by atoms with Gasteiger partial charge in [0.05, 0.1) is 0 Å². The third kappa shape index (κ3) is 2.37. The molecule has 3 atom stereocenters. The largest absolute Gasteiger partial charge is 0.385 e. The van der Waals surface area contributed by atoms with Crippen molar-refractivity contribution in [2.45, 2.75) is 19.8 Å². The van der Waals surface area contributed by atoms with Crippen LogP contribution in [0.15, 0.2) is 30.4 Å². The molecule has 1 aromatic rings. The molecule has 1 amide bonds. The van der Waals surface area contributed by atoms with Crippen LogP contribution < -0.4 is 11.1 Å². The number of amides is 1. The molecule has 0 heterocycles. The first-order valence-corrected chi connectivity index (χ1v) is 6.96. The number of nitrogens with two attached hydrogens (primary N) is 1. The molecule has 0 radical (unpaired) electrons. The third-order valence-corrected chi connectivity index (χ3v) is 4.48. The normalized spacial score (nSPS) is 27.7. The number of benzene rings is 1. The standard InChI is InChI=1S/C16H20N2O/c1-10-6-13(16(17)19)4-5-15(10)18-9-14-8-11-2-3-12(14)7-11/h2-6,11-12,14,18H,7-9H2,1H3,(H2,17,19). The second kappa shape index (κ2) is 4.72. The number of nitrogens with one attached hydrogen (secondary N) is 1. The molecule has 0 aromatic heterocycles. The summed E-state index contributed by atoms with van der Waals surface area (Å²) in [6.45, 7) is 3.03. The molecule has 2 bridgehead atoms. The fraction of sp³-hybridized carbons (Fsp3) is 0.438. The van der Waals surface area contributed by atoms with E-state index >= 15 is 0 Å². The van der Waals surface area contributed by atoms with Crippen molar-refractivity contribution < 1.29 is 4.79 Å². The lowest BCUT2D eigenvalue weighted by molar-refractivity contribution is 0.1000. The van der Waals surface area contributed by atoms with Gasteiger partial charge in [-0.05, 0) is 61.3 Å². The molecule has 3 rings (SSSR count). The number of aryl methyl sites for hydroxylation is 1. The van der Waals surface area contributed by atoms with Crippen LogP contribution >= 0.6 is 0 Å². The van der Waals surface area contributed by atoms with Gasteiger partial charge in [0, 0.05) is 17.8 Å². The first kappa shape index (κ1) is 12.3. The van der Waals surface area contributed by atoms with Gasteiger partial charge in [-0.1, -0.05) is 12.2 Å². The van der Waals surface area contributed by atoms with Crippen LogP contribution in [0.25, 0.3) is 0 Å². The lowest BCUT2D eigenvalue weighted by Crippen LogP contribution is -2.19. The number of hydrogen-bond acceptors (Lipinski definition) is 2. The van der Waals surface area contributed by atoms with E-state index in [0.717, 1.165) is 35.5 Å². The molecule has 3 N–H and O–H groups in total. The number of allylic oxidation sites excluding steroid dienone is 2. The molecule has 2 aliphatic carbocycles. The van der Waals surface area contributed by atoms with Crippen molar-refractivity contribution in [1.29, 1.82) is 0 Å². The maximum atomic E-state index is 11.1. The number of hydrogen-bond donors (Lipinski definition) is 2. The zero-order valence-electron chi connectivity index (χ0n) is 11.2. The Morgan fingerprint density at radius 2 is 2.21 bits per heavy atom. The molecule has 1 aromatic carbocycles. The van der Waals surface area contributed by atoms with Crippen LogP contribution in [-0.2, 0) is 0 Å². The van der Waals surface area contributed by atoms with Gasteiger partial charge in [-0.3, -0.25) is 4.79 Å². The van der Waals surface area contributed by atoms with Gasteiger partial charge in [-0.15, -0.1) is 0 Å². The van der Waals surface area contributed by atoms with Crippen molar-refractivity contribution in [2.24, 2.45) is 23.5 Å². The lowest BCUT2D eigenvalue weighted by atomic mass is 9.93. The van der Waals surface area contributed by atoms with Gasteiger partial charge in [0.2, 0.25) is 5.91 Å². The van der Waals surface area contributed by atoms with E-state index in [2.05, 4.69) is 17.5 Å². The molecule has 0 spiro atoms. The topological polar surface area (TPSA) is 55.1 Å². The first-order valence-electron chi connectivity index (χ1n) is 6.96. The summed E-state index contributed by atoms with van der Waals surface area (Å²) in [5.74, 6) is 1.97. The zero-order chi connectivity index (χ0) is 13.4.